The Morgan fingerprint density at radius 2 is 1.94 bits per heavy atom. The predicted molar refractivity (Wildman–Crippen MR) is 115 cm³/mol. The summed E-state index contributed by atoms with van der Waals surface area (Å²) in [4.78, 5) is 15.0. The van der Waals surface area contributed by atoms with Crippen molar-refractivity contribution < 1.29 is 22.7 Å². The van der Waals surface area contributed by atoms with E-state index in [9.17, 15) is 17.6 Å². The molecule has 0 radical (unpaired) electrons. The number of aromatic nitrogens is 2. The van der Waals surface area contributed by atoms with Gasteiger partial charge in [0.05, 0.1) is 15.4 Å². The van der Waals surface area contributed by atoms with Crippen molar-refractivity contribution in [3.05, 3.63) is 83.5 Å². The van der Waals surface area contributed by atoms with Crippen LogP contribution in [0.4, 0.5) is 4.39 Å². The number of carbonyl (C=O) groups is 1. The minimum atomic E-state index is -4.09. The van der Waals surface area contributed by atoms with Gasteiger partial charge in [0.25, 0.3) is 10.0 Å². The summed E-state index contributed by atoms with van der Waals surface area (Å²) < 4.78 is 41.2. The van der Waals surface area contributed by atoms with Crippen molar-refractivity contribution in [2.75, 3.05) is 0 Å². The smallest absolute Gasteiger partial charge is 0.303 e. The highest BCUT2D eigenvalue weighted by Gasteiger charge is 2.23. The van der Waals surface area contributed by atoms with E-state index < -0.39 is 21.8 Å². The van der Waals surface area contributed by atoms with Crippen LogP contribution in [0.25, 0.3) is 22.0 Å². The second-order valence-electron chi connectivity index (χ2n) is 6.90. The van der Waals surface area contributed by atoms with Crippen molar-refractivity contribution in [1.29, 1.82) is 0 Å². The van der Waals surface area contributed by atoms with E-state index in [0.29, 0.717) is 16.5 Å². The number of fused-ring (bicyclic) bond motifs is 1. The lowest BCUT2D eigenvalue weighted by molar-refractivity contribution is -0.136. The zero-order valence-electron chi connectivity index (χ0n) is 16.0. The fourth-order valence-electron chi connectivity index (χ4n) is 3.37. The molecule has 0 bridgehead atoms. The van der Waals surface area contributed by atoms with Crippen LogP contribution in [0, 0.1) is 5.82 Å². The van der Waals surface area contributed by atoms with E-state index in [4.69, 9.17) is 16.7 Å². The Morgan fingerprint density at radius 1 is 1.13 bits per heavy atom. The molecule has 0 amide bonds. The van der Waals surface area contributed by atoms with Crippen molar-refractivity contribution in [2.45, 2.75) is 17.7 Å². The van der Waals surface area contributed by atoms with Gasteiger partial charge in [-0.25, -0.2) is 16.8 Å². The zero-order valence-corrected chi connectivity index (χ0v) is 17.6. The molecule has 31 heavy (non-hydrogen) atoms. The molecule has 0 unspecified atom stereocenters. The standard InChI is InChI=1S/C22H16ClFN2O4S/c23-19-11-17(5-6-20(19)24)31(29,30)26-13-16(4-8-22(27)28)18-10-14(3-7-21(18)26)15-2-1-9-25-12-15/h1-3,5-7,9-13H,4,8H2,(H,27,28). The van der Waals surface area contributed by atoms with Crippen LogP contribution in [0.3, 0.4) is 0 Å². The summed E-state index contributed by atoms with van der Waals surface area (Å²) in [7, 11) is -4.09. The van der Waals surface area contributed by atoms with Crippen molar-refractivity contribution in [2.24, 2.45) is 0 Å². The molecule has 2 aromatic heterocycles. The molecule has 0 atom stereocenters. The highest BCUT2D eigenvalue weighted by atomic mass is 35.5. The number of benzene rings is 2. The van der Waals surface area contributed by atoms with Gasteiger partial charge in [0.15, 0.2) is 0 Å². The number of hydrogen-bond donors (Lipinski definition) is 1. The average molecular weight is 459 g/mol. The van der Waals surface area contributed by atoms with E-state index in [1.165, 1.54) is 6.20 Å². The molecule has 6 nitrogen and oxygen atoms in total. The molecule has 4 aromatic rings. The Bertz CT molecular complexity index is 1400. The highest BCUT2D eigenvalue weighted by Crippen LogP contribution is 2.31. The molecule has 0 fully saturated rings. The van der Waals surface area contributed by atoms with Crippen LogP contribution in [0.5, 0.6) is 0 Å². The fourth-order valence-corrected chi connectivity index (χ4v) is 5.03. The van der Waals surface area contributed by atoms with Gasteiger partial charge in [0, 0.05) is 36.0 Å². The predicted octanol–water partition coefficient (Wildman–Crippen LogP) is 4.75. The summed E-state index contributed by atoms with van der Waals surface area (Å²) in [6.07, 6.45) is 4.74. The summed E-state index contributed by atoms with van der Waals surface area (Å²) in [5.74, 6) is -1.71. The quantitative estimate of drug-likeness (QED) is 0.450. The van der Waals surface area contributed by atoms with Crippen molar-refractivity contribution in [1.82, 2.24) is 8.96 Å². The summed E-state index contributed by atoms with van der Waals surface area (Å²) in [5, 5.41) is 9.40. The first-order valence-corrected chi connectivity index (χ1v) is 11.1. The number of aliphatic carboxylic acids is 1. The summed E-state index contributed by atoms with van der Waals surface area (Å²) in [6.45, 7) is 0. The number of hydrogen-bond acceptors (Lipinski definition) is 4. The van der Waals surface area contributed by atoms with Crippen LogP contribution in [-0.4, -0.2) is 28.5 Å². The van der Waals surface area contributed by atoms with Gasteiger partial charge in [-0.05, 0) is 53.9 Å². The number of aryl methyl sites for hydroxylation is 1. The van der Waals surface area contributed by atoms with Gasteiger partial charge >= 0.3 is 5.97 Å². The van der Waals surface area contributed by atoms with Crippen LogP contribution < -0.4 is 0 Å². The molecule has 2 aromatic carbocycles. The van der Waals surface area contributed by atoms with E-state index in [0.717, 1.165) is 33.3 Å². The third kappa shape index (κ3) is 4.04. The maximum Gasteiger partial charge on any atom is 0.303 e. The van der Waals surface area contributed by atoms with E-state index in [2.05, 4.69) is 4.98 Å². The topological polar surface area (TPSA) is 89.3 Å². The van der Waals surface area contributed by atoms with Crippen molar-refractivity contribution in [3.8, 4) is 11.1 Å². The summed E-state index contributed by atoms with van der Waals surface area (Å²) in [5.41, 5.74) is 2.61. The maximum absolute atomic E-state index is 13.5. The van der Waals surface area contributed by atoms with Gasteiger partial charge in [-0.3, -0.25) is 9.78 Å². The molecule has 0 saturated carbocycles. The van der Waals surface area contributed by atoms with E-state index in [1.54, 1.807) is 30.6 Å². The molecule has 0 saturated heterocycles. The Hall–Kier alpha value is -3.23. The number of halogens is 2. The molecule has 158 valence electrons. The van der Waals surface area contributed by atoms with Crippen molar-refractivity contribution >= 4 is 38.5 Å². The number of nitrogens with zero attached hydrogens (tertiary/aromatic N) is 2. The van der Waals surface area contributed by atoms with Crippen LogP contribution >= 0.6 is 11.6 Å². The molecule has 0 aliphatic carbocycles. The van der Waals surface area contributed by atoms with Gasteiger partial charge < -0.3 is 5.11 Å². The molecule has 2 heterocycles. The van der Waals surface area contributed by atoms with E-state index in [1.807, 2.05) is 12.1 Å². The molecule has 9 heteroatoms. The van der Waals surface area contributed by atoms with E-state index >= 15 is 0 Å². The number of carboxylic acids is 1. The molecule has 1 N–H and O–H groups in total. The third-order valence-corrected chi connectivity index (χ3v) is 6.86. The molecule has 0 aliphatic rings. The maximum atomic E-state index is 13.5. The third-order valence-electron chi connectivity index (χ3n) is 4.90. The fraction of sp³-hybridized carbons (Fsp3) is 0.0909. The minimum Gasteiger partial charge on any atom is -0.481 e. The summed E-state index contributed by atoms with van der Waals surface area (Å²) in [6, 6.07) is 12.1. The SMILES string of the molecule is O=C(O)CCc1cn(S(=O)(=O)c2ccc(F)c(Cl)c2)c2ccc(-c3cccnc3)cc12. The first-order chi connectivity index (χ1) is 14.8. The van der Waals surface area contributed by atoms with Gasteiger partial charge in [0.1, 0.15) is 5.82 Å². The van der Waals surface area contributed by atoms with Crippen molar-refractivity contribution in [3.63, 3.8) is 0 Å². The van der Waals surface area contributed by atoms with Gasteiger partial charge in [0.2, 0.25) is 0 Å². The Labute approximate surface area is 182 Å². The number of carboxylic acid groups (broad SMARTS) is 1. The highest BCUT2D eigenvalue weighted by molar-refractivity contribution is 7.90. The summed E-state index contributed by atoms with van der Waals surface area (Å²) >= 11 is 5.78. The monoisotopic (exact) mass is 458 g/mol. The average Bonchev–Trinajstić information content (AvgIpc) is 3.13. The van der Waals surface area contributed by atoms with Gasteiger partial charge in [-0.15, -0.1) is 0 Å². The lowest BCUT2D eigenvalue weighted by Gasteiger charge is -2.09. The second kappa shape index (κ2) is 8.13. The first-order valence-electron chi connectivity index (χ1n) is 9.24. The molecular weight excluding hydrogens is 443 g/mol. The Kier molecular flexibility index (Phi) is 5.51. The van der Waals surface area contributed by atoms with E-state index in [-0.39, 0.29) is 22.8 Å². The number of pyridine rings is 1. The second-order valence-corrected chi connectivity index (χ2v) is 9.12. The van der Waals surface area contributed by atoms with Crippen LogP contribution in [0.2, 0.25) is 5.02 Å². The van der Waals surface area contributed by atoms with Gasteiger partial charge in [-0.2, -0.15) is 0 Å². The van der Waals surface area contributed by atoms with Crippen LogP contribution in [0.1, 0.15) is 12.0 Å². The Morgan fingerprint density at radius 3 is 2.61 bits per heavy atom. The lowest BCUT2D eigenvalue weighted by Crippen LogP contribution is -2.12. The van der Waals surface area contributed by atoms with Gasteiger partial charge in [-0.1, -0.05) is 23.7 Å². The lowest BCUT2D eigenvalue weighted by atomic mass is 10.0. The first kappa shape index (κ1) is 21.0. The molecule has 4 rings (SSSR count). The largest absolute Gasteiger partial charge is 0.481 e. The molecular formula is C22H16ClFN2O4S. The van der Waals surface area contributed by atoms with Crippen LogP contribution in [0.15, 0.2) is 72.0 Å². The Balaban J connectivity index is 1.91. The minimum absolute atomic E-state index is 0.148. The normalized spacial score (nSPS) is 11.7. The number of rotatable bonds is 6. The molecule has 0 spiro atoms. The molecule has 0 aliphatic heterocycles. The zero-order chi connectivity index (χ0) is 22.2. The van der Waals surface area contributed by atoms with Crippen LogP contribution in [-0.2, 0) is 21.2 Å².